The van der Waals surface area contributed by atoms with Gasteiger partial charge in [-0.1, -0.05) is 29.8 Å². The molecule has 1 fully saturated rings. The highest BCUT2D eigenvalue weighted by Gasteiger charge is 2.15. The van der Waals surface area contributed by atoms with Crippen molar-refractivity contribution in [2.24, 2.45) is 5.10 Å². The zero-order chi connectivity index (χ0) is 22.7. The quantitative estimate of drug-likeness (QED) is 0.287. The van der Waals surface area contributed by atoms with Gasteiger partial charge in [-0.15, -0.1) is 0 Å². The molecule has 1 aliphatic heterocycles. The van der Waals surface area contributed by atoms with Crippen molar-refractivity contribution in [3.05, 3.63) is 66.0 Å². The molecule has 0 unspecified atom stereocenters. The van der Waals surface area contributed by atoms with Crippen molar-refractivity contribution < 1.29 is 14.2 Å². The SMILES string of the molecule is Cc1cccc(/C=N/Nc2cc(N3CCOCC3)nc(OCCCOc3cccnc3)n2)c1. The highest BCUT2D eigenvalue weighted by molar-refractivity contribution is 5.80. The Bertz CT molecular complexity index is 1040. The Kier molecular flexibility index (Phi) is 8.02. The molecule has 3 heterocycles. The van der Waals surface area contributed by atoms with Gasteiger partial charge in [0.1, 0.15) is 11.6 Å². The third-order valence-corrected chi connectivity index (χ3v) is 4.89. The minimum Gasteiger partial charge on any atom is -0.492 e. The van der Waals surface area contributed by atoms with E-state index in [1.165, 1.54) is 5.56 Å². The van der Waals surface area contributed by atoms with Gasteiger partial charge >= 0.3 is 6.01 Å². The Morgan fingerprint density at radius 1 is 1.09 bits per heavy atom. The lowest BCUT2D eigenvalue weighted by molar-refractivity contribution is 0.122. The van der Waals surface area contributed by atoms with Gasteiger partial charge in [-0.2, -0.15) is 15.1 Å². The number of nitrogens with zero attached hydrogens (tertiary/aromatic N) is 5. The van der Waals surface area contributed by atoms with E-state index in [0.717, 1.165) is 30.2 Å². The summed E-state index contributed by atoms with van der Waals surface area (Å²) in [5, 5.41) is 4.33. The zero-order valence-corrected chi connectivity index (χ0v) is 18.7. The van der Waals surface area contributed by atoms with Crippen LogP contribution in [0.5, 0.6) is 11.8 Å². The van der Waals surface area contributed by atoms with E-state index in [-0.39, 0.29) is 0 Å². The summed E-state index contributed by atoms with van der Waals surface area (Å²) in [5.74, 6) is 2.08. The molecule has 0 saturated carbocycles. The number of ether oxygens (including phenoxy) is 3. The maximum atomic E-state index is 5.83. The van der Waals surface area contributed by atoms with Crippen molar-refractivity contribution in [1.82, 2.24) is 15.0 Å². The van der Waals surface area contributed by atoms with Crippen LogP contribution in [0.1, 0.15) is 17.5 Å². The first-order valence-electron chi connectivity index (χ1n) is 11.0. The Hall–Kier alpha value is -3.72. The van der Waals surface area contributed by atoms with Crippen LogP contribution in [0.15, 0.2) is 60.0 Å². The van der Waals surface area contributed by atoms with Crippen molar-refractivity contribution in [3.63, 3.8) is 0 Å². The molecule has 0 atom stereocenters. The normalized spacial score (nSPS) is 13.8. The van der Waals surface area contributed by atoms with Crippen molar-refractivity contribution in [2.75, 3.05) is 49.8 Å². The van der Waals surface area contributed by atoms with Gasteiger partial charge in [0.15, 0.2) is 5.82 Å². The number of nitrogens with one attached hydrogen (secondary N) is 1. The summed E-state index contributed by atoms with van der Waals surface area (Å²) >= 11 is 0. The zero-order valence-electron chi connectivity index (χ0n) is 18.7. The van der Waals surface area contributed by atoms with Crippen molar-refractivity contribution in [1.29, 1.82) is 0 Å². The molecule has 0 radical (unpaired) electrons. The molecule has 2 aromatic heterocycles. The van der Waals surface area contributed by atoms with Crippen LogP contribution in [-0.4, -0.2) is 60.7 Å². The summed E-state index contributed by atoms with van der Waals surface area (Å²) in [6.45, 7) is 5.86. The molecule has 1 N–H and O–H groups in total. The van der Waals surface area contributed by atoms with Crippen LogP contribution in [-0.2, 0) is 4.74 Å². The van der Waals surface area contributed by atoms with E-state index in [4.69, 9.17) is 14.2 Å². The van der Waals surface area contributed by atoms with Gasteiger partial charge in [-0.25, -0.2) is 0 Å². The smallest absolute Gasteiger partial charge is 0.320 e. The van der Waals surface area contributed by atoms with Gasteiger partial charge < -0.3 is 19.1 Å². The standard InChI is InChI=1S/C24H28N6O3/c1-19-5-2-6-20(15-19)17-26-29-22-16-23(30-9-13-31-14-10-30)28-24(27-22)33-12-4-11-32-21-7-3-8-25-18-21/h2-3,5-8,15-18H,4,9-14H2,1H3,(H,27,28,29)/b26-17+. The van der Waals surface area contributed by atoms with E-state index in [9.17, 15) is 0 Å². The summed E-state index contributed by atoms with van der Waals surface area (Å²) in [6, 6.07) is 14.0. The molecule has 0 aliphatic carbocycles. The van der Waals surface area contributed by atoms with Crippen LogP contribution >= 0.6 is 0 Å². The molecule has 9 nitrogen and oxygen atoms in total. The molecular weight excluding hydrogens is 420 g/mol. The third kappa shape index (κ3) is 7.15. The minimum absolute atomic E-state index is 0.300. The number of rotatable bonds is 10. The number of aryl methyl sites for hydroxylation is 1. The highest BCUT2D eigenvalue weighted by atomic mass is 16.5. The molecule has 9 heteroatoms. The molecule has 0 amide bonds. The van der Waals surface area contributed by atoms with Gasteiger partial charge in [0.2, 0.25) is 0 Å². The maximum absolute atomic E-state index is 5.83. The van der Waals surface area contributed by atoms with E-state index >= 15 is 0 Å². The molecule has 1 aromatic carbocycles. The number of hydrogen-bond acceptors (Lipinski definition) is 9. The molecule has 172 valence electrons. The molecule has 4 rings (SSSR count). The average Bonchev–Trinajstić information content (AvgIpc) is 2.85. The molecule has 0 spiro atoms. The Morgan fingerprint density at radius 3 is 2.79 bits per heavy atom. The fourth-order valence-electron chi connectivity index (χ4n) is 3.26. The maximum Gasteiger partial charge on any atom is 0.320 e. The van der Waals surface area contributed by atoms with Gasteiger partial charge in [-0.05, 0) is 24.6 Å². The summed E-state index contributed by atoms with van der Waals surface area (Å²) in [5.41, 5.74) is 5.19. The second-order valence-corrected chi connectivity index (χ2v) is 7.52. The van der Waals surface area contributed by atoms with Crippen molar-refractivity contribution >= 4 is 17.9 Å². The second kappa shape index (κ2) is 11.8. The number of hydrogen-bond donors (Lipinski definition) is 1. The van der Waals surface area contributed by atoms with Crippen LogP contribution < -0.4 is 19.8 Å². The largest absolute Gasteiger partial charge is 0.492 e. The third-order valence-electron chi connectivity index (χ3n) is 4.89. The highest BCUT2D eigenvalue weighted by Crippen LogP contribution is 2.21. The summed E-state index contributed by atoms with van der Waals surface area (Å²) < 4.78 is 16.9. The first-order chi connectivity index (χ1) is 16.3. The molecule has 1 aliphatic rings. The van der Waals surface area contributed by atoms with Crippen LogP contribution in [0, 0.1) is 6.92 Å². The van der Waals surface area contributed by atoms with Gasteiger partial charge in [0.05, 0.1) is 38.8 Å². The lowest BCUT2D eigenvalue weighted by Gasteiger charge is -2.28. The topological polar surface area (TPSA) is 94.0 Å². The van der Waals surface area contributed by atoms with E-state index in [2.05, 4.69) is 49.4 Å². The van der Waals surface area contributed by atoms with Gasteiger partial charge in [0, 0.05) is 31.8 Å². The molecule has 0 bridgehead atoms. The van der Waals surface area contributed by atoms with E-state index < -0.39 is 0 Å². The van der Waals surface area contributed by atoms with Crippen LogP contribution in [0.3, 0.4) is 0 Å². The van der Waals surface area contributed by atoms with Crippen molar-refractivity contribution in [3.8, 4) is 11.8 Å². The number of pyridine rings is 1. The lowest BCUT2D eigenvalue weighted by atomic mass is 10.2. The predicted octanol–water partition coefficient (Wildman–Crippen LogP) is 3.31. The number of hydrazone groups is 1. The average molecular weight is 449 g/mol. The van der Waals surface area contributed by atoms with E-state index in [0.29, 0.717) is 44.7 Å². The Morgan fingerprint density at radius 2 is 1.97 bits per heavy atom. The fourth-order valence-corrected chi connectivity index (χ4v) is 3.26. The van der Waals surface area contributed by atoms with E-state index in [1.54, 1.807) is 18.6 Å². The number of morpholine rings is 1. The molecule has 3 aromatic rings. The van der Waals surface area contributed by atoms with Crippen LogP contribution in [0.4, 0.5) is 11.6 Å². The predicted molar refractivity (Wildman–Crippen MR) is 127 cm³/mol. The monoisotopic (exact) mass is 448 g/mol. The van der Waals surface area contributed by atoms with Crippen LogP contribution in [0.25, 0.3) is 0 Å². The summed E-state index contributed by atoms with van der Waals surface area (Å²) in [6.07, 6.45) is 5.85. The minimum atomic E-state index is 0.300. The lowest BCUT2D eigenvalue weighted by Crippen LogP contribution is -2.36. The fraction of sp³-hybridized carbons (Fsp3) is 0.333. The van der Waals surface area contributed by atoms with Gasteiger partial charge in [0.25, 0.3) is 0 Å². The Labute approximate surface area is 193 Å². The first-order valence-corrected chi connectivity index (χ1v) is 11.0. The Balaban J connectivity index is 1.38. The van der Waals surface area contributed by atoms with Gasteiger partial charge in [-0.3, -0.25) is 10.4 Å². The number of anilines is 2. The van der Waals surface area contributed by atoms with Crippen LogP contribution in [0.2, 0.25) is 0 Å². The molecular formula is C24H28N6O3. The van der Waals surface area contributed by atoms with E-state index in [1.807, 2.05) is 30.3 Å². The first kappa shape index (κ1) is 22.5. The van der Waals surface area contributed by atoms with Crippen molar-refractivity contribution in [2.45, 2.75) is 13.3 Å². The molecule has 1 saturated heterocycles. The summed E-state index contributed by atoms with van der Waals surface area (Å²) in [7, 11) is 0. The number of aromatic nitrogens is 3. The molecule has 33 heavy (non-hydrogen) atoms. The second-order valence-electron chi connectivity index (χ2n) is 7.52. The number of benzene rings is 1. The summed E-state index contributed by atoms with van der Waals surface area (Å²) in [4.78, 5) is 15.2.